The maximum Gasteiger partial charge on any atom is 0.119 e. The standard InChI is InChI=1S/C15H22N4O2/c1-2-21-13-6-4-12(5-7-13)10-15-14(11-16)17-18-19(15)8-3-9-20/h4-7,20H,2-3,8-11,16H2,1H3. The van der Waals surface area contributed by atoms with Crippen molar-refractivity contribution in [2.24, 2.45) is 5.73 Å². The smallest absolute Gasteiger partial charge is 0.119 e. The van der Waals surface area contributed by atoms with Gasteiger partial charge in [0.2, 0.25) is 0 Å². The molecule has 6 heteroatoms. The maximum atomic E-state index is 8.95. The van der Waals surface area contributed by atoms with Crippen LogP contribution in [0.15, 0.2) is 24.3 Å². The third kappa shape index (κ3) is 4.03. The molecule has 2 aromatic rings. The fourth-order valence-electron chi connectivity index (χ4n) is 2.18. The number of aliphatic hydroxyl groups is 1. The average Bonchev–Trinajstić information content (AvgIpc) is 2.89. The number of rotatable bonds is 8. The highest BCUT2D eigenvalue weighted by atomic mass is 16.5. The monoisotopic (exact) mass is 290 g/mol. The Morgan fingerprint density at radius 1 is 1.29 bits per heavy atom. The highest BCUT2D eigenvalue weighted by Gasteiger charge is 2.12. The minimum absolute atomic E-state index is 0.139. The number of aryl methyl sites for hydroxylation is 1. The average molecular weight is 290 g/mol. The van der Waals surface area contributed by atoms with Crippen molar-refractivity contribution < 1.29 is 9.84 Å². The number of benzene rings is 1. The van der Waals surface area contributed by atoms with Gasteiger partial charge in [0.15, 0.2) is 0 Å². The van der Waals surface area contributed by atoms with Crippen molar-refractivity contribution in [1.29, 1.82) is 0 Å². The van der Waals surface area contributed by atoms with E-state index in [1.165, 1.54) is 0 Å². The second-order valence-electron chi connectivity index (χ2n) is 4.74. The van der Waals surface area contributed by atoms with Gasteiger partial charge in [0.25, 0.3) is 0 Å². The predicted molar refractivity (Wildman–Crippen MR) is 80.0 cm³/mol. The van der Waals surface area contributed by atoms with Crippen LogP contribution < -0.4 is 10.5 Å². The zero-order valence-corrected chi connectivity index (χ0v) is 12.3. The summed E-state index contributed by atoms with van der Waals surface area (Å²) in [6.45, 7) is 3.78. The lowest BCUT2D eigenvalue weighted by molar-refractivity contribution is 0.275. The number of hydrogen-bond donors (Lipinski definition) is 2. The van der Waals surface area contributed by atoms with Gasteiger partial charge in [-0.05, 0) is 31.0 Å². The molecular weight excluding hydrogens is 268 g/mol. The van der Waals surface area contributed by atoms with Crippen LogP contribution in [0.3, 0.4) is 0 Å². The summed E-state index contributed by atoms with van der Waals surface area (Å²) in [7, 11) is 0. The zero-order valence-electron chi connectivity index (χ0n) is 12.3. The van der Waals surface area contributed by atoms with E-state index >= 15 is 0 Å². The number of hydrogen-bond acceptors (Lipinski definition) is 5. The van der Waals surface area contributed by atoms with E-state index in [0.717, 1.165) is 29.1 Å². The molecule has 0 unspecified atom stereocenters. The molecule has 1 aromatic heterocycles. The normalized spacial score (nSPS) is 10.8. The summed E-state index contributed by atoms with van der Waals surface area (Å²) in [6, 6.07) is 8.00. The van der Waals surface area contributed by atoms with Crippen LogP contribution >= 0.6 is 0 Å². The van der Waals surface area contributed by atoms with Gasteiger partial charge in [-0.3, -0.25) is 0 Å². The molecule has 2 rings (SSSR count). The lowest BCUT2D eigenvalue weighted by Crippen LogP contribution is -2.09. The van der Waals surface area contributed by atoms with E-state index in [4.69, 9.17) is 15.6 Å². The SMILES string of the molecule is CCOc1ccc(Cc2c(CN)nnn2CCCO)cc1. The van der Waals surface area contributed by atoms with Crippen molar-refractivity contribution in [3.8, 4) is 5.75 Å². The fourth-order valence-corrected chi connectivity index (χ4v) is 2.18. The summed E-state index contributed by atoms with van der Waals surface area (Å²) in [4.78, 5) is 0. The van der Waals surface area contributed by atoms with Crippen LogP contribution in [0.5, 0.6) is 5.75 Å². The highest BCUT2D eigenvalue weighted by Crippen LogP contribution is 2.17. The summed E-state index contributed by atoms with van der Waals surface area (Å²) < 4.78 is 7.27. The second kappa shape index (κ2) is 7.75. The lowest BCUT2D eigenvalue weighted by atomic mass is 10.1. The Balaban J connectivity index is 2.15. The molecule has 0 spiro atoms. The number of aromatic nitrogens is 3. The van der Waals surface area contributed by atoms with Crippen LogP contribution in [0.25, 0.3) is 0 Å². The zero-order chi connectivity index (χ0) is 15.1. The highest BCUT2D eigenvalue weighted by molar-refractivity contribution is 5.30. The minimum Gasteiger partial charge on any atom is -0.494 e. The Kier molecular flexibility index (Phi) is 5.71. The molecule has 0 saturated heterocycles. The molecule has 6 nitrogen and oxygen atoms in total. The lowest BCUT2D eigenvalue weighted by Gasteiger charge is -2.08. The first-order chi connectivity index (χ1) is 10.3. The van der Waals surface area contributed by atoms with Crippen molar-refractivity contribution in [2.75, 3.05) is 13.2 Å². The van der Waals surface area contributed by atoms with Crippen molar-refractivity contribution in [3.05, 3.63) is 41.2 Å². The Labute approximate surface area is 124 Å². The van der Waals surface area contributed by atoms with Crippen LogP contribution in [-0.2, 0) is 19.5 Å². The topological polar surface area (TPSA) is 86.2 Å². The molecule has 1 heterocycles. The third-order valence-electron chi connectivity index (χ3n) is 3.25. The van der Waals surface area contributed by atoms with Crippen LogP contribution in [-0.4, -0.2) is 33.3 Å². The van der Waals surface area contributed by atoms with Crippen molar-refractivity contribution >= 4 is 0 Å². The molecule has 0 bridgehead atoms. The van der Waals surface area contributed by atoms with Gasteiger partial charge in [0.05, 0.1) is 18.0 Å². The molecule has 114 valence electrons. The summed E-state index contributed by atoms with van der Waals surface area (Å²) in [5.41, 5.74) is 8.69. The van der Waals surface area contributed by atoms with E-state index < -0.39 is 0 Å². The fraction of sp³-hybridized carbons (Fsp3) is 0.467. The van der Waals surface area contributed by atoms with Gasteiger partial charge in [-0.1, -0.05) is 17.3 Å². The molecule has 3 N–H and O–H groups in total. The predicted octanol–water partition coefficient (Wildman–Crippen LogP) is 1.11. The molecule has 0 aliphatic carbocycles. The summed E-state index contributed by atoms with van der Waals surface area (Å²) in [5.74, 6) is 0.868. The van der Waals surface area contributed by atoms with Crippen LogP contribution in [0.4, 0.5) is 0 Å². The molecule has 0 amide bonds. The van der Waals surface area contributed by atoms with Crippen LogP contribution in [0, 0.1) is 0 Å². The van der Waals surface area contributed by atoms with Gasteiger partial charge >= 0.3 is 0 Å². The number of ether oxygens (including phenoxy) is 1. The Hall–Kier alpha value is -1.92. The second-order valence-corrected chi connectivity index (χ2v) is 4.74. The first kappa shape index (κ1) is 15.5. The third-order valence-corrected chi connectivity index (χ3v) is 3.25. The van der Waals surface area contributed by atoms with Crippen molar-refractivity contribution in [1.82, 2.24) is 15.0 Å². The van der Waals surface area contributed by atoms with Gasteiger partial charge in [-0.15, -0.1) is 5.10 Å². The van der Waals surface area contributed by atoms with Gasteiger partial charge in [-0.25, -0.2) is 4.68 Å². The summed E-state index contributed by atoms with van der Waals surface area (Å²) in [6.07, 6.45) is 1.38. The van der Waals surface area contributed by atoms with Crippen LogP contribution in [0.2, 0.25) is 0 Å². The van der Waals surface area contributed by atoms with Crippen molar-refractivity contribution in [2.45, 2.75) is 32.9 Å². The molecule has 0 fully saturated rings. The van der Waals surface area contributed by atoms with Crippen molar-refractivity contribution in [3.63, 3.8) is 0 Å². The van der Waals surface area contributed by atoms with E-state index in [9.17, 15) is 0 Å². The van der Waals surface area contributed by atoms with Gasteiger partial charge < -0.3 is 15.6 Å². The molecule has 0 aliphatic rings. The number of nitrogens with two attached hydrogens (primary N) is 1. The molecule has 0 saturated carbocycles. The van der Waals surface area contributed by atoms with Gasteiger partial charge in [-0.2, -0.15) is 0 Å². The molecule has 1 aromatic carbocycles. The Bertz CT molecular complexity index is 551. The van der Waals surface area contributed by atoms with E-state index in [1.807, 2.05) is 35.9 Å². The van der Waals surface area contributed by atoms with Crippen LogP contribution in [0.1, 0.15) is 30.3 Å². The van der Waals surface area contributed by atoms with E-state index in [-0.39, 0.29) is 6.61 Å². The van der Waals surface area contributed by atoms with E-state index in [1.54, 1.807) is 0 Å². The summed E-state index contributed by atoms with van der Waals surface area (Å²) >= 11 is 0. The first-order valence-electron chi connectivity index (χ1n) is 7.22. The number of aliphatic hydroxyl groups excluding tert-OH is 1. The molecule has 0 radical (unpaired) electrons. The number of nitrogens with zero attached hydrogens (tertiary/aromatic N) is 3. The Morgan fingerprint density at radius 3 is 2.67 bits per heavy atom. The Morgan fingerprint density at radius 2 is 2.05 bits per heavy atom. The first-order valence-corrected chi connectivity index (χ1v) is 7.22. The quantitative estimate of drug-likeness (QED) is 0.760. The molecular formula is C15H22N4O2. The van der Waals surface area contributed by atoms with E-state index in [2.05, 4.69) is 10.3 Å². The molecule has 21 heavy (non-hydrogen) atoms. The molecule has 0 atom stereocenters. The summed E-state index contributed by atoms with van der Waals surface area (Å²) in [5, 5.41) is 17.2. The van der Waals surface area contributed by atoms with Gasteiger partial charge in [0.1, 0.15) is 5.75 Å². The minimum atomic E-state index is 0.139. The van der Waals surface area contributed by atoms with E-state index in [0.29, 0.717) is 26.1 Å². The maximum absolute atomic E-state index is 8.95. The largest absolute Gasteiger partial charge is 0.494 e. The van der Waals surface area contributed by atoms with Gasteiger partial charge in [0, 0.05) is 26.1 Å². The molecule has 0 aliphatic heterocycles.